The van der Waals surface area contributed by atoms with Crippen LogP contribution in [0.4, 0.5) is 0 Å². The van der Waals surface area contributed by atoms with Crippen molar-refractivity contribution < 1.29 is 14.6 Å². The summed E-state index contributed by atoms with van der Waals surface area (Å²) in [6.07, 6.45) is 11.9. The van der Waals surface area contributed by atoms with Crippen LogP contribution in [-0.2, 0) is 11.4 Å². The highest BCUT2D eigenvalue weighted by atomic mass is 16.5. The van der Waals surface area contributed by atoms with Crippen LogP contribution >= 0.6 is 0 Å². The van der Waals surface area contributed by atoms with Crippen molar-refractivity contribution in [2.45, 2.75) is 32.8 Å². The van der Waals surface area contributed by atoms with E-state index in [4.69, 9.17) is 9.84 Å². The highest BCUT2D eigenvalue weighted by molar-refractivity contribution is 5.85. The number of carbonyl (C=O) groups is 1. The lowest BCUT2D eigenvalue weighted by Gasteiger charge is -2.14. The molecule has 3 unspecified atom stereocenters. The molecule has 2 aliphatic rings. The SMILES string of the molecule is CCC1CC2C=CC1C2.O=C(O)C=Cc1ccc(OCc2ccccc2)cc1. The number of fused-ring (bicyclic) bond motifs is 2. The summed E-state index contributed by atoms with van der Waals surface area (Å²) >= 11 is 0. The molecule has 0 spiro atoms. The number of rotatable bonds is 6. The first kappa shape index (κ1) is 19.9. The topological polar surface area (TPSA) is 46.5 Å². The van der Waals surface area contributed by atoms with Crippen LogP contribution in [0.3, 0.4) is 0 Å². The van der Waals surface area contributed by atoms with Crippen molar-refractivity contribution in [3.63, 3.8) is 0 Å². The molecule has 28 heavy (non-hydrogen) atoms. The first-order chi connectivity index (χ1) is 13.6. The third-order valence-electron chi connectivity index (χ3n) is 5.49. The maximum atomic E-state index is 10.4. The van der Waals surface area contributed by atoms with Gasteiger partial charge in [0.2, 0.25) is 0 Å². The minimum absolute atomic E-state index is 0.519. The van der Waals surface area contributed by atoms with Crippen LogP contribution in [0.15, 0.2) is 72.8 Å². The third kappa shape index (κ3) is 5.85. The van der Waals surface area contributed by atoms with Gasteiger partial charge in [-0.2, -0.15) is 0 Å². The lowest BCUT2D eigenvalue weighted by molar-refractivity contribution is -0.131. The zero-order valence-electron chi connectivity index (χ0n) is 16.3. The molecule has 0 radical (unpaired) electrons. The van der Waals surface area contributed by atoms with Crippen molar-refractivity contribution in [3.05, 3.63) is 84.0 Å². The first-order valence-electron chi connectivity index (χ1n) is 10.00. The molecule has 4 rings (SSSR count). The molecule has 0 heterocycles. The predicted octanol–water partition coefficient (Wildman–Crippen LogP) is 5.97. The molecule has 2 aromatic rings. The van der Waals surface area contributed by atoms with E-state index in [1.165, 1.54) is 19.3 Å². The second-order valence-corrected chi connectivity index (χ2v) is 7.46. The van der Waals surface area contributed by atoms with Gasteiger partial charge in [-0.1, -0.05) is 68.0 Å². The molecule has 0 amide bonds. The largest absolute Gasteiger partial charge is 0.489 e. The summed E-state index contributed by atoms with van der Waals surface area (Å²) in [5, 5.41) is 8.53. The average Bonchev–Trinajstić information content (AvgIpc) is 3.36. The van der Waals surface area contributed by atoms with Gasteiger partial charge in [0.1, 0.15) is 12.4 Å². The summed E-state index contributed by atoms with van der Waals surface area (Å²) in [5.74, 6) is 2.79. The van der Waals surface area contributed by atoms with E-state index in [0.29, 0.717) is 6.61 Å². The maximum absolute atomic E-state index is 10.4. The van der Waals surface area contributed by atoms with Gasteiger partial charge in [-0.3, -0.25) is 0 Å². The van der Waals surface area contributed by atoms with E-state index >= 15 is 0 Å². The molecule has 3 nitrogen and oxygen atoms in total. The fourth-order valence-electron chi connectivity index (χ4n) is 3.95. The van der Waals surface area contributed by atoms with Crippen LogP contribution in [-0.4, -0.2) is 11.1 Å². The lowest BCUT2D eigenvalue weighted by atomic mass is 9.91. The Balaban J connectivity index is 0.000000206. The van der Waals surface area contributed by atoms with Crippen molar-refractivity contribution in [2.75, 3.05) is 0 Å². The molecule has 0 saturated heterocycles. The Kier molecular flexibility index (Phi) is 7.07. The molecule has 3 heteroatoms. The van der Waals surface area contributed by atoms with Crippen molar-refractivity contribution in [2.24, 2.45) is 17.8 Å². The van der Waals surface area contributed by atoms with E-state index in [1.54, 1.807) is 6.08 Å². The normalized spacial score (nSPS) is 22.1. The van der Waals surface area contributed by atoms with Gasteiger partial charge in [0.15, 0.2) is 0 Å². The van der Waals surface area contributed by atoms with Crippen LogP contribution < -0.4 is 4.74 Å². The van der Waals surface area contributed by atoms with Crippen LogP contribution in [0.25, 0.3) is 6.08 Å². The molecule has 1 saturated carbocycles. The van der Waals surface area contributed by atoms with Crippen molar-refractivity contribution >= 4 is 12.0 Å². The van der Waals surface area contributed by atoms with Gasteiger partial charge in [-0.15, -0.1) is 0 Å². The Morgan fingerprint density at radius 1 is 1.07 bits per heavy atom. The summed E-state index contributed by atoms with van der Waals surface area (Å²) in [4.78, 5) is 10.4. The minimum atomic E-state index is -0.954. The second-order valence-electron chi connectivity index (χ2n) is 7.46. The van der Waals surface area contributed by atoms with E-state index in [-0.39, 0.29) is 0 Å². The lowest BCUT2D eigenvalue weighted by Crippen LogP contribution is -2.04. The molecule has 1 N–H and O–H groups in total. The highest BCUT2D eigenvalue weighted by Gasteiger charge is 2.33. The van der Waals surface area contributed by atoms with Gasteiger partial charge in [0, 0.05) is 6.08 Å². The quantitative estimate of drug-likeness (QED) is 0.499. The Bertz CT molecular complexity index is 805. The van der Waals surface area contributed by atoms with Crippen molar-refractivity contribution in [3.8, 4) is 5.75 Å². The number of hydrogen-bond donors (Lipinski definition) is 1. The van der Waals surface area contributed by atoms with Gasteiger partial charge in [-0.05, 0) is 59.9 Å². The second kappa shape index (κ2) is 9.93. The first-order valence-corrected chi connectivity index (χ1v) is 10.00. The Hall–Kier alpha value is -2.81. The van der Waals surface area contributed by atoms with Crippen LogP contribution in [0, 0.1) is 17.8 Å². The van der Waals surface area contributed by atoms with Gasteiger partial charge in [-0.25, -0.2) is 4.79 Å². The molecule has 2 aromatic carbocycles. The summed E-state index contributed by atoms with van der Waals surface area (Å²) in [6.45, 7) is 2.84. The number of ether oxygens (including phenoxy) is 1. The molecule has 0 aliphatic heterocycles. The summed E-state index contributed by atoms with van der Waals surface area (Å²) in [5.41, 5.74) is 1.94. The molecule has 2 bridgehead atoms. The summed E-state index contributed by atoms with van der Waals surface area (Å²) in [7, 11) is 0. The molecule has 146 valence electrons. The highest BCUT2D eigenvalue weighted by Crippen LogP contribution is 2.44. The summed E-state index contributed by atoms with van der Waals surface area (Å²) < 4.78 is 5.63. The van der Waals surface area contributed by atoms with Crippen LogP contribution in [0.1, 0.15) is 37.3 Å². The predicted molar refractivity (Wildman–Crippen MR) is 113 cm³/mol. The van der Waals surface area contributed by atoms with E-state index in [1.807, 2.05) is 54.6 Å². The smallest absolute Gasteiger partial charge is 0.328 e. The molecule has 0 aromatic heterocycles. The number of aliphatic carboxylic acids is 1. The molecular weight excluding hydrogens is 348 g/mol. The Morgan fingerprint density at radius 3 is 2.36 bits per heavy atom. The number of carboxylic acids is 1. The third-order valence-corrected chi connectivity index (χ3v) is 5.49. The Labute approximate surface area is 167 Å². The minimum Gasteiger partial charge on any atom is -0.489 e. The van der Waals surface area contributed by atoms with Crippen molar-refractivity contribution in [1.82, 2.24) is 0 Å². The number of hydrogen-bond acceptors (Lipinski definition) is 2. The summed E-state index contributed by atoms with van der Waals surface area (Å²) in [6, 6.07) is 17.2. The van der Waals surface area contributed by atoms with Crippen LogP contribution in [0.5, 0.6) is 5.75 Å². The van der Waals surface area contributed by atoms with E-state index in [9.17, 15) is 4.79 Å². The van der Waals surface area contributed by atoms with E-state index in [0.717, 1.165) is 40.7 Å². The Morgan fingerprint density at radius 2 is 1.82 bits per heavy atom. The molecule has 3 atom stereocenters. The van der Waals surface area contributed by atoms with Gasteiger partial charge >= 0.3 is 5.97 Å². The van der Waals surface area contributed by atoms with Gasteiger partial charge in [0.25, 0.3) is 0 Å². The fraction of sp³-hybridized carbons (Fsp3) is 0.320. The van der Waals surface area contributed by atoms with Gasteiger partial charge in [0.05, 0.1) is 0 Å². The zero-order chi connectivity index (χ0) is 19.8. The van der Waals surface area contributed by atoms with E-state index < -0.39 is 5.97 Å². The number of allylic oxidation sites excluding steroid dienone is 2. The number of carboxylic acid groups (broad SMARTS) is 1. The molecule has 2 aliphatic carbocycles. The standard InChI is InChI=1S/C16H14O3.C9H14/c17-16(18)11-8-13-6-9-15(10-7-13)19-12-14-4-2-1-3-5-14;1-2-8-5-7-3-4-9(8)6-7/h1-11H,12H2,(H,17,18);3-4,7-9H,2,5-6H2,1H3. The van der Waals surface area contributed by atoms with Crippen molar-refractivity contribution in [1.29, 1.82) is 0 Å². The monoisotopic (exact) mass is 376 g/mol. The maximum Gasteiger partial charge on any atom is 0.328 e. The molecule has 1 fully saturated rings. The van der Waals surface area contributed by atoms with Gasteiger partial charge < -0.3 is 9.84 Å². The molecular formula is C25H28O3. The van der Waals surface area contributed by atoms with E-state index in [2.05, 4.69) is 19.1 Å². The van der Waals surface area contributed by atoms with Crippen LogP contribution in [0.2, 0.25) is 0 Å². The number of benzene rings is 2. The zero-order valence-corrected chi connectivity index (χ0v) is 16.3. The average molecular weight is 376 g/mol. The fourth-order valence-corrected chi connectivity index (χ4v) is 3.95.